The molecule has 0 aromatic heterocycles. The molecule has 0 unspecified atom stereocenters. The van der Waals surface area contributed by atoms with Crippen LogP contribution in [0.2, 0.25) is 0 Å². The molecule has 2 rings (SSSR count). The van der Waals surface area contributed by atoms with Crippen molar-refractivity contribution in [3.63, 3.8) is 0 Å². The third-order valence-electron chi connectivity index (χ3n) is 5.31. The van der Waals surface area contributed by atoms with E-state index >= 15 is 0 Å². The fourth-order valence-electron chi connectivity index (χ4n) is 3.08. The molecule has 0 radical (unpaired) electrons. The molecule has 0 saturated heterocycles. The van der Waals surface area contributed by atoms with Crippen LogP contribution in [0.1, 0.15) is 31.9 Å². The van der Waals surface area contributed by atoms with Gasteiger partial charge in [-0.1, -0.05) is 36.4 Å². The van der Waals surface area contributed by atoms with Gasteiger partial charge in [0.15, 0.2) is 0 Å². The summed E-state index contributed by atoms with van der Waals surface area (Å²) >= 11 is 0. The summed E-state index contributed by atoms with van der Waals surface area (Å²) in [5, 5.41) is 0. The first-order valence-corrected chi connectivity index (χ1v) is 9.54. The summed E-state index contributed by atoms with van der Waals surface area (Å²) in [5.74, 6) is 1.81. The fourth-order valence-corrected chi connectivity index (χ4v) is 3.08. The normalized spacial score (nSPS) is 11.3. The van der Waals surface area contributed by atoms with E-state index in [-0.39, 0.29) is 24.0 Å². The van der Waals surface area contributed by atoms with Gasteiger partial charge >= 0.3 is 0 Å². The van der Waals surface area contributed by atoms with Gasteiger partial charge in [-0.2, -0.15) is 0 Å². The summed E-state index contributed by atoms with van der Waals surface area (Å²) < 4.78 is 12.3. The van der Waals surface area contributed by atoms with Gasteiger partial charge in [-0.15, -0.1) is 0 Å². The summed E-state index contributed by atoms with van der Waals surface area (Å²) in [4.78, 5) is 0. The molecule has 0 aliphatic rings. The predicted octanol–water partition coefficient (Wildman–Crippen LogP) is 2.12. The zero-order valence-electron chi connectivity index (χ0n) is 17.0. The number of nitrogens with zero attached hydrogens (tertiary/aromatic N) is 1. The predicted molar refractivity (Wildman–Crippen MR) is 111 cm³/mol. The first kappa shape index (κ1) is 23.5. The second kappa shape index (κ2) is 12.0. The van der Waals surface area contributed by atoms with E-state index in [4.69, 9.17) is 9.47 Å². The summed E-state index contributed by atoms with van der Waals surface area (Å²) in [7, 11) is 1.68. The van der Waals surface area contributed by atoms with Gasteiger partial charge in [-0.05, 0) is 56.2 Å². The molecule has 0 amide bonds. The van der Waals surface area contributed by atoms with Crippen LogP contribution in [0, 0.1) is 0 Å². The summed E-state index contributed by atoms with van der Waals surface area (Å²) in [6.45, 7) is 12.1. The molecular weight excluding hydrogens is 449 g/mol. The van der Waals surface area contributed by atoms with Crippen molar-refractivity contribution in [2.75, 3.05) is 39.9 Å². The van der Waals surface area contributed by atoms with Gasteiger partial charge in [0, 0.05) is 0 Å². The Balaban J connectivity index is 0.00000364. The second-order valence-corrected chi connectivity index (χ2v) is 6.54. The Labute approximate surface area is 181 Å². The zero-order chi connectivity index (χ0) is 18.8. The maximum Gasteiger partial charge on any atom is 0.137 e. The standard InChI is InChI=1S/C23H32NO2.HI/c1-5-24(6-2,7-3)18-19-26-23-16-12-21(13-17-23)9-8-20-10-14-22(25-4)15-11-20;/h8-17H,5-7,18-19H2,1-4H3;1H/q+1;/p-1/b9-8+;. The number of quaternary nitrogens is 1. The molecule has 2 aromatic rings. The highest BCUT2D eigenvalue weighted by molar-refractivity contribution is 5.70. The van der Waals surface area contributed by atoms with E-state index < -0.39 is 0 Å². The van der Waals surface area contributed by atoms with Gasteiger partial charge in [-0.25, -0.2) is 0 Å². The van der Waals surface area contributed by atoms with Gasteiger partial charge in [-0.3, -0.25) is 0 Å². The van der Waals surface area contributed by atoms with Crippen molar-refractivity contribution in [2.45, 2.75) is 20.8 Å². The maximum absolute atomic E-state index is 5.96. The lowest BCUT2D eigenvalue weighted by Gasteiger charge is -2.35. The number of benzene rings is 2. The topological polar surface area (TPSA) is 18.5 Å². The minimum atomic E-state index is 0. The molecule has 148 valence electrons. The smallest absolute Gasteiger partial charge is 0.137 e. The summed E-state index contributed by atoms with van der Waals surface area (Å²) in [6.07, 6.45) is 4.21. The van der Waals surface area contributed by atoms with Crippen molar-refractivity contribution in [3.8, 4) is 11.5 Å². The number of methoxy groups -OCH3 is 1. The molecule has 0 N–H and O–H groups in total. The molecule has 0 bridgehead atoms. The lowest BCUT2D eigenvalue weighted by Crippen LogP contribution is -3.00. The van der Waals surface area contributed by atoms with Gasteiger partial charge in [0.05, 0.1) is 26.7 Å². The number of hydrogen-bond acceptors (Lipinski definition) is 2. The van der Waals surface area contributed by atoms with Crippen LogP contribution in [0.3, 0.4) is 0 Å². The lowest BCUT2D eigenvalue weighted by molar-refractivity contribution is -0.923. The maximum atomic E-state index is 5.96. The van der Waals surface area contributed by atoms with Crippen molar-refractivity contribution in [2.24, 2.45) is 0 Å². The first-order chi connectivity index (χ1) is 12.6. The van der Waals surface area contributed by atoms with Crippen molar-refractivity contribution in [1.29, 1.82) is 0 Å². The SMILES string of the molecule is CC[N+](CC)(CC)CCOc1ccc(/C=C/c2ccc(OC)cc2)cc1.[I-]. The largest absolute Gasteiger partial charge is 1.00 e. The third kappa shape index (κ3) is 7.18. The molecule has 2 aromatic carbocycles. The van der Waals surface area contributed by atoms with Crippen molar-refractivity contribution in [3.05, 3.63) is 59.7 Å². The van der Waals surface area contributed by atoms with E-state index in [1.807, 2.05) is 36.4 Å². The lowest BCUT2D eigenvalue weighted by atomic mass is 10.1. The van der Waals surface area contributed by atoms with Gasteiger partial charge in [0.2, 0.25) is 0 Å². The van der Waals surface area contributed by atoms with Crippen LogP contribution in [0.25, 0.3) is 12.2 Å². The van der Waals surface area contributed by atoms with E-state index in [1.54, 1.807) is 7.11 Å². The van der Waals surface area contributed by atoms with Crippen molar-refractivity contribution < 1.29 is 37.9 Å². The molecule has 3 nitrogen and oxygen atoms in total. The van der Waals surface area contributed by atoms with Crippen LogP contribution in [-0.4, -0.2) is 44.4 Å². The minimum absolute atomic E-state index is 0. The molecule has 0 fully saturated rings. The highest BCUT2D eigenvalue weighted by Gasteiger charge is 2.20. The molecular formula is C23H32INO2. The Morgan fingerprint density at radius 3 is 1.59 bits per heavy atom. The average molecular weight is 481 g/mol. The number of hydrogen-bond donors (Lipinski definition) is 0. The molecule has 0 aliphatic heterocycles. The van der Waals surface area contributed by atoms with Crippen LogP contribution in [0.5, 0.6) is 11.5 Å². The summed E-state index contributed by atoms with van der Waals surface area (Å²) in [5.41, 5.74) is 2.31. The van der Waals surface area contributed by atoms with Crippen LogP contribution >= 0.6 is 0 Å². The van der Waals surface area contributed by atoms with Crippen LogP contribution in [0.15, 0.2) is 48.5 Å². The van der Waals surface area contributed by atoms with Crippen LogP contribution < -0.4 is 33.5 Å². The Kier molecular flexibility index (Phi) is 10.5. The number of likely N-dealkylation sites (N-methyl/N-ethyl adjacent to an activating group) is 1. The first-order valence-electron chi connectivity index (χ1n) is 9.54. The van der Waals surface area contributed by atoms with Gasteiger partial charge in [0.25, 0.3) is 0 Å². The average Bonchev–Trinajstić information content (AvgIpc) is 2.71. The molecule has 0 saturated carbocycles. The third-order valence-corrected chi connectivity index (χ3v) is 5.31. The Bertz CT molecular complexity index is 668. The highest BCUT2D eigenvalue weighted by atomic mass is 127. The quantitative estimate of drug-likeness (QED) is 0.294. The van der Waals surface area contributed by atoms with E-state index in [2.05, 4.69) is 45.1 Å². The Morgan fingerprint density at radius 2 is 1.19 bits per heavy atom. The minimum Gasteiger partial charge on any atom is -1.00 e. The Hall–Kier alpha value is -1.53. The van der Waals surface area contributed by atoms with E-state index in [9.17, 15) is 0 Å². The van der Waals surface area contributed by atoms with E-state index in [0.29, 0.717) is 0 Å². The zero-order valence-corrected chi connectivity index (χ0v) is 19.1. The Morgan fingerprint density at radius 1 is 0.741 bits per heavy atom. The molecule has 27 heavy (non-hydrogen) atoms. The van der Waals surface area contributed by atoms with Gasteiger partial charge < -0.3 is 37.9 Å². The van der Waals surface area contributed by atoms with E-state index in [0.717, 1.165) is 59.9 Å². The van der Waals surface area contributed by atoms with E-state index in [1.165, 1.54) is 0 Å². The monoisotopic (exact) mass is 481 g/mol. The van der Waals surface area contributed by atoms with Crippen molar-refractivity contribution >= 4 is 12.2 Å². The van der Waals surface area contributed by atoms with Crippen molar-refractivity contribution in [1.82, 2.24) is 0 Å². The second-order valence-electron chi connectivity index (χ2n) is 6.54. The fraction of sp³-hybridized carbons (Fsp3) is 0.391. The summed E-state index contributed by atoms with van der Waals surface area (Å²) in [6, 6.07) is 16.3. The van der Waals surface area contributed by atoms with Crippen LogP contribution in [-0.2, 0) is 0 Å². The molecule has 0 atom stereocenters. The molecule has 4 heteroatoms. The van der Waals surface area contributed by atoms with Gasteiger partial charge in [0.1, 0.15) is 24.7 Å². The molecule has 0 heterocycles. The molecule has 0 aliphatic carbocycles. The highest BCUT2D eigenvalue weighted by Crippen LogP contribution is 2.17. The number of ether oxygens (including phenoxy) is 2. The van der Waals surface area contributed by atoms with Crippen LogP contribution in [0.4, 0.5) is 0 Å². The molecule has 0 spiro atoms. The number of rotatable bonds is 10. The number of halogens is 1.